The molecule has 0 saturated carbocycles. The van der Waals surface area contributed by atoms with Gasteiger partial charge in [0.15, 0.2) is 0 Å². The van der Waals surface area contributed by atoms with E-state index in [0.717, 1.165) is 5.56 Å². The van der Waals surface area contributed by atoms with E-state index in [2.05, 4.69) is 4.98 Å². The summed E-state index contributed by atoms with van der Waals surface area (Å²) in [5.41, 5.74) is 1.98. The van der Waals surface area contributed by atoms with E-state index in [1.807, 2.05) is 37.3 Å². The fourth-order valence-corrected chi connectivity index (χ4v) is 3.11. The maximum atomic E-state index is 11.7. The summed E-state index contributed by atoms with van der Waals surface area (Å²) in [6.45, 7) is 2.66. The highest BCUT2D eigenvalue weighted by atomic mass is 32.2. The van der Waals surface area contributed by atoms with Crippen molar-refractivity contribution in [2.75, 3.05) is 6.61 Å². The summed E-state index contributed by atoms with van der Waals surface area (Å²) in [6.07, 6.45) is 0. The third-order valence-corrected chi connectivity index (χ3v) is 4.18. The van der Waals surface area contributed by atoms with Gasteiger partial charge in [-0.2, -0.15) is 8.42 Å². The maximum absolute atomic E-state index is 11.7. The number of hydrogen-bond acceptors (Lipinski definition) is 4. The molecule has 3 rings (SSSR count). The minimum absolute atomic E-state index is 0.292. The van der Waals surface area contributed by atoms with Crippen molar-refractivity contribution >= 4 is 21.2 Å². The average Bonchev–Trinajstić information content (AvgIpc) is 2.87. The van der Waals surface area contributed by atoms with E-state index in [1.54, 1.807) is 18.2 Å². The molecule has 0 saturated heterocycles. The quantitative estimate of drug-likeness (QED) is 0.727. The van der Waals surface area contributed by atoms with Crippen LogP contribution in [0.25, 0.3) is 11.0 Å². The number of nitrogens with zero attached hydrogens (tertiary/aromatic N) is 2. The van der Waals surface area contributed by atoms with Crippen molar-refractivity contribution < 1.29 is 17.7 Å². The summed E-state index contributed by atoms with van der Waals surface area (Å²) in [7, 11) is -4.43. The highest BCUT2D eigenvalue weighted by Crippen LogP contribution is 2.25. The Balaban J connectivity index is 2.16. The molecule has 0 atom stereocenters. The summed E-state index contributed by atoms with van der Waals surface area (Å²) >= 11 is 0. The lowest BCUT2D eigenvalue weighted by molar-refractivity contribution is 0.340. The monoisotopic (exact) mass is 332 g/mol. The Morgan fingerprint density at radius 2 is 1.91 bits per heavy atom. The summed E-state index contributed by atoms with van der Waals surface area (Å²) in [4.78, 5) is 4.07. The van der Waals surface area contributed by atoms with Crippen LogP contribution in [0.1, 0.15) is 12.5 Å². The Bertz CT molecular complexity index is 933. The van der Waals surface area contributed by atoms with E-state index in [4.69, 9.17) is 4.74 Å². The topological polar surface area (TPSA) is 81.4 Å². The first-order valence-electron chi connectivity index (χ1n) is 7.13. The Hall–Kier alpha value is -2.38. The van der Waals surface area contributed by atoms with Gasteiger partial charge in [-0.05, 0) is 24.6 Å². The fourth-order valence-electron chi connectivity index (χ4n) is 2.46. The summed E-state index contributed by atoms with van der Waals surface area (Å²) in [6, 6.07) is 14.5. The van der Waals surface area contributed by atoms with Gasteiger partial charge in [-0.15, -0.1) is 0 Å². The molecule has 0 aliphatic rings. The minimum Gasteiger partial charge on any atom is -0.494 e. The molecule has 0 spiro atoms. The minimum atomic E-state index is -4.43. The zero-order valence-corrected chi connectivity index (χ0v) is 13.3. The number of imidazole rings is 1. The van der Waals surface area contributed by atoms with Gasteiger partial charge in [0.1, 0.15) is 5.75 Å². The van der Waals surface area contributed by atoms with Gasteiger partial charge in [0.25, 0.3) is 5.16 Å². The number of aromatic nitrogens is 2. The lowest BCUT2D eigenvalue weighted by Crippen LogP contribution is -2.10. The van der Waals surface area contributed by atoms with Crippen molar-refractivity contribution in [3.05, 3.63) is 54.1 Å². The first-order valence-corrected chi connectivity index (χ1v) is 8.57. The first kappa shape index (κ1) is 15.5. The van der Waals surface area contributed by atoms with Gasteiger partial charge < -0.3 is 9.30 Å². The zero-order valence-electron chi connectivity index (χ0n) is 12.5. The second kappa shape index (κ2) is 6.02. The van der Waals surface area contributed by atoms with Crippen LogP contribution in [-0.4, -0.2) is 29.1 Å². The molecule has 0 aliphatic heterocycles. The fraction of sp³-hybridized carbons (Fsp3) is 0.188. The van der Waals surface area contributed by atoms with Gasteiger partial charge in [-0.1, -0.05) is 30.3 Å². The molecule has 0 radical (unpaired) electrons. The molecular weight excluding hydrogens is 316 g/mol. The van der Waals surface area contributed by atoms with E-state index in [0.29, 0.717) is 29.9 Å². The molecule has 0 bridgehead atoms. The standard InChI is InChI=1S/C16H16N2O4S/c1-2-22-13-8-9-15-14(10-13)17-16(23(19,20)21)18(15)11-12-6-4-3-5-7-12/h3-10H,2,11H2,1H3,(H,19,20,21). The molecule has 1 aromatic heterocycles. The van der Waals surface area contributed by atoms with Crippen molar-refractivity contribution in [2.24, 2.45) is 0 Å². The molecule has 2 aromatic carbocycles. The van der Waals surface area contributed by atoms with Crippen molar-refractivity contribution in [3.63, 3.8) is 0 Å². The van der Waals surface area contributed by atoms with Crippen LogP contribution >= 0.6 is 0 Å². The smallest absolute Gasteiger partial charge is 0.328 e. The average molecular weight is 332 g/mol. The molecule has 0 amide bonds. The van der Waals surface area contributed by atoms with Crippen LogP contribution in [0.4, 0.5) is 0 Å². The van der Waals surface area contributed by atoms with Crippen LogP contribution in [0.3, 0.4) is 0 Å². The molecule has 6 nitrogen and oxygen atoms in total. The largest absolute Gasteiger partial charge is 0.494 e. The van der Waals surface area contributed by atoms with Crippen LogP contribution in [0.5, 0.6) is 5.75 Å². The zero-order chi connectivity index (χ0) is 16.4. The van der Waals surface area contributed by atoms with E-state index in [1.165, 1.54) is 4.57 Å². The highest BCUT2D eigenvalue weighted by molar-refractivity contribution is 7.85. The van der Waals surface area contributed by atoms with Gasteiger partial charge >= 0.3 is 10.1 Å². The number of ether oxygens (including phenoxy) is 1. The Kier molecular flexibility index (Phi) is 4.06. The molecular formula is C16H16N2O4S. The predicted molar refractivity (Wildman–Crippen MR) is 86.3 cm³/mol. The molecule has 0 unspecified atom stereocenters. The van der Waals surface area contributed by atoms with E-state index >= 15 is 0 Å². The van der Waals surface area contributed by atoms with Gasteiger partial charge in [0.05, 0.1) is 24.2 Å². The van der Waals surface area contributed by atoms with Gasteiger partial charge in [-0.25, -0.2) is 4.98 Å². The predicted octanol–water partition coefficient (Wildman–Crippen LogP) is 2.73. The SMILES string of the molecule is CCOc1ccc2c(c1)nc(S(=O)(=O)O)n2Cc1ccccc1. The molecule has 3 aromatic rings. The highest BCUT2D eigenvalue weighted by Gasteiger charge is 2.21. The molecule has 1 heterocycles. The van der Waals surface area contributed by atoms with E-state index < -0.39 is 10.1 Å². The lowest BCUT2D eigenvalue weighted by Gasteiger charge is -2.08. The van der Waals surface area contributed by atoms with E-state index in [-0.39, 0.29) is 5.16 Å². The van der Waals surface area contributed by atoms with Crippen molar-refractivity contribution in [3.8, 4) is 5.75 Å². The van der Waals surface area contributed by atoms with Crippen LogP contribution in [0, 0.1) is 0 Å². The normalized spacial score (nSPS) is 11.7. The van der Waals surface area contributed by atoms with Crippen molar-refractivity contribution in [2.45, 2.75) is 18.6 Å². The van der Waals surface area contributed by atoms with Gasteiger partial charge in [-0.3, -0.25) is 4.55 Å². The molecule has 23 heavy (non-hydrogen) atoms. The maximum Gasteiger partial charge on any atom is 0.328 e. The van der Waals surface area contributed by atoms with Crippen LogP contribution in [-0.2, 0) is 16.7 Å². The summed E-state index contributed by atoms with van der Waals surface area (Å²) < 4.78 is 39.7. The Morgan fingerprint density at radius 3 is 2.57 bits per heavy atom. The molecule has 0 fully saturated rings. The number of hydrogen-bond donors (Lipinski definition) is 1. The van der Waals surface area contributed by atoms with Gasteiger partial charge in [0.2, 0.25) is 0 Å². The number of benzene rings is 2. The molecule has 7 heteroatoms. The van der Waals surface area contributed by atoms with Gasteiger partial charge in [0, 0.05) is 6.07 Å². The third-order valence-electron chi connectivity index (χ3n) is 3.41. The Morgan fingerprint density at radius 1 is 1.17 bits per heavy atom. The van der Waals surface area contributed by atoms with Crippen LogP contribution < -0.4 is 4.74 Å². The molecule has 0 aliphatic carbocycles. The summed E-state index contributed by atoms with van der Waals surface area (Å²) in [5.74, 6) is 0.603. The first-order chi connectivity index (χ1) is 11.0. The summed E-state index contributed by atoms with van der Waals surface area (Å²) in [5, 5.41) is -0.370. The number of rotatable bonds is 5. The lowest BCUT2D eigenvalue weighted by atomic mass is 10.2. The van der Waals surface area contributed by atoms with Crippen molar-refractivity contribution in [1.29, 1.82) is 0 Å². The molecule has 120 valence electrons. The third kappa shape index (κ3) is 3.20. The number of fused-ring (bicyclic) bond motifs is 1. The van der Waals surface area contributed by atoms with Crippen LogP contribution in [0.15, 0.2) is 53.7 Å². The second-order valence-corrected chi connectivity index (χ2v) is 6.34. The second-order valence-electron chi connectivity index (χ2n) is 5.02. The van der Waals surface area contributed by atoms with Crippen molar-refractivity contribution in [1.82, 2.24) is 9.55 Å². The Labute approximate surface area is 134 Å². The van der Waals surface area contributed by atoms with Crippen LogP contribution in [0.2, 0.25) is 0 Å². The van der Waals surface area contributed by atoms with E-state index in [9.17, 15) is 13.0 Å². The molecule has 1 N–H and O–H groups in total.